The zero-order valence-electron chi connectivity index (χ0n) is 29.7. The van der Waals surface area contributed by atoms with E-state index < -0.39 is 41.7 Å². The van der Waals surface area contributed by atoms with Gasteiger partial charge in [0.05, 0.1) is 29.4 Å². The first-order valence-corrected chi connectivity index (χ1v) is 16.4. The molecular weight excluding hydrogens is 687 g/mol. The van der Waals surface area contributed by atoms with Crippen molar-refractivity contribution in [3.05, 3.63) is 141 Å². The van der Waals surface area contributed by atoms with Gasteiger partial charge in [0.2, 0.25) is 12.2 Å². The summed E-state index contributed by atoms with van der Waals surface area (Å²) < 4.78 is 23.0. The summed E-state index contributed by atoms with van der Waals surface area (Å²) in [5, 5.41) is 48.9. The largest absolute Gasteiger partial charge is 0.478 e. The number of nitriles is 1. The molecule has 0 radical (unpaired) electrons. The second-order valence-corrected chi connectivity index (χ2v) is 12.5. The molecule has 0 saturated heterocycles. The number of halogens is 1. The normalized spacial score (nSPS) is 13.0. The fourth-order valence-electron chi connectivity index (χ4n) is 5.24. The Morgan fingerprint density at radius 1 is 0.792 bits per heavy atom. The van der Waals surface area contributed by atoms with Gasteiger partial charge in [-0.1, -0.05) is 53.6 Å². The number of nitrogens with zero attached hydrogens (tertiary/aromatic N) is 2. The number of aliphatic hydroxyl groups is 2. The van der Waals surface area contributed by atoms with Crippen molar-refractivity contribution in [3.8, 4) is 6.07 Å². The Kier molecular flexibility index (Phi) is 14.9. The van der Waals surface area contributed by atoms with Crippen molar-refractivity contribution >= 4 is 23.9 Å². The predicted molar refractivity (Wildman–Crippen MR) is 190 cm³/mol. The third kappa shape index (κ3) is 11.5. The smallest absolute Gasteiger partial charge is 0.349 e. The van der Waals surface area contributed by atoms with E-state index in [4.69, 9.17) is 14.7 Å². The van der Waals surface area contributed by atoms with Gasteiger partial charge >= 0.3 is 23.9 Å². The molecule has 4 N–H and O–H groups in total. The monoisotopic (exact) mass is 728 g/mol. The van der Waals surface area contributed by atoms with E-state index in [1.807, 2.05) is 25.1 Å². The van der Waals surface area contributed by atoms with Gasteiger partial charge < -0.3 is 34.8 Å². The minimum absolute atomic E-state index is 0.0332. The fraction of sp³-hybridized carbons (Fsp3) is 0.275. The molecule has 12 nitrogen and oxygen atoms in total. The lowest BCUT2D eigenvalue weighted by Gasteiger charge is -2.32. The van der Waals surface area contributed by atoms with E-state index in [2.05, 4.69) is 0 Å². The van der Waals surface area contributed by atoms with E-state index in [0.29, 0.717) is 35.1 Å². The number of benzene rings is 4. The van der Waals surface area contributed by atoms with Crippen LogP contribution in [0.5, 0.6) is 0 Å². The number of aliphatic carboxylic acids is 2. The second-order valence-electron chi connectivity index (χ2n) is 12.5. The van der Waals surface area contributed by atoms with E-state index in [-0.39, 0.29) is 23.6 Å². The molecule has 53 heavy (non-hydrogen) atoms. The molecular formula is C40H41FN2O10. The number of carbonyl (C=O) groups excluding carboxylic acids is 2. The molecule has 0 saturated carbocycles. The topological polar surface area (TPSA) is 195 Å². The summed E-state index contributed by atoms with van der Waals surface area (Å²) in [6.45, 7) is 4.08. The highest BCUT2D eigenvalue weighted by Crippen LogP contribution is 2.37. The number of hydrogen-bond acceptors (Lipinski definition) is 10. The Balaban J connectivity index is 0.000000287. The maximum atomic E-state index is 13.3. The SMILES string of the molecule is CN(C)CCC[C@](O)(c1ccc(F)cc1)c1ccc(C#N)cc1CO.Cc1ccc(C(=O)O[C@H](C(=O)O)[C@H](OC(=O)c2ccc(C)cc2)C(=O)O)cc1. The molecule has 0 aliphatic rings. The van der Waals surface area contributed by atoms with E-state index in [1.54, 1.807) is 68.4 Å². The van der Waals surface area contributed by atoms with Crippen LogP contribution in [0, 0.1) is 31.0 Å². The molecule has 278 valence electrons. The summed E-state index contributed by atoms with van der Waals surface area (Å²) in [6.07, 6.45) is -3.32. The number of carboxylic acid groups (broad SMARTS) is 2. The summed E-state index contributed by atoms with van der Waals surface area (Å²) in [6, 6.07) is 24.7. The van der Waals surface area contributed by atoms with Crippen LogP contribution in [0.3, 0.4) is 0 Å². The number of hydrogen-bond donors (Lipinski definition) is 4. The van der Waals surface area contributed by atoms with Crippen LogP contribution in [0.25, 0.3) is 0 Å². The van der Waals surface area contributed by atoms with Crippen LogP contribution in [0.15, 0.2) is 91.0 Å². The number of carboxylic acids is 2. The summed E-state index contributed by atoms with van der Waals surface area (Å²) in [7, 11) is 3.91. The first-order chi connectivity index (χ1) is 25.1. The summed E-state index contributed by atoms with van der Waals surface area (Å²) in [5.41, 5.74) is 2.44. The van der Waals surface area contributed by atoms with Crippen LogP contribution in [-0.4, -0.2) is 82.1 Å². The first-order valence-electron chi connectivity index (χ1n) is 16.4. The molecule has 0 unspecified atom stereocenters. The highest BCUT2D eigenvalue weighted by Gasteiger charge is 2.41. The predicted octanol–water partition coefficient (Wildman–Crippen LogP) is 4.99. The third-order valence-electron chi connectivity index (χ3n) is 8.12. The van der Waals surface area contributed by atoms with Gasteiger partial charge in [-0.15, -0.1) is 0 Å². The van der Waals surface area contributed by atoms with Crippen LogP contribution >= 0.6 is 0 Å². The van der Waals surface area contributed by atoms with E-state index in [1.165, 1.54) is 36.4 Å². The third-order valence-corrected chi connectivity index (χ3v) is 8.12. The molecule has 4 aromatic carbocycles. The number of ether oxygens (including phenoxy) is 2. The molecule has 0 amide bonds. The molecule has 0 aliphatic carbocycles. The lowest BCUT2D eigenvalue weighted by Crippen LogP contribution is -2.45. The highest BCUT2D eigenvalue weighted by atomic mass is 19.1. The molecule has 4 rings (SSSR count). The summed E-state index contributed by atoms with van der Waals surface area (Å²) in [4.78, 5) is 49.4. The maximum absolute atomic E-state index is 13.3. The summed E-state index contributed by atoms with van der Waals surface area (Å²) in [5.74, 6) is -5.99. The lowest BCUT2D eigenvalue weighted by atomic mass is 9.80. The maximum Gasteiger partial charge on any atom is 0.349 e. The molecule has 0 bridgehead atoms. The Hall–Kier alpha value is -5.94. The second kappa shape index (κ2) is 19.1. The Morgan fingerprint density at radius 3 is 1.66 bits per heavy atom. The average molecular weight is 729 g/mol. The molecule has 4 aromatic rings. The zero-order valence-corrected chi connectivity index (χ0v) is 29.7. The Labute approximate surface area is 306 Å². The molecule has 0 fully saturated rings. The van der Waals surface area contributed by atoms with Crippen molar-refractivity contribution < 1.29 is 53.5 Å². The van der Waals surface area contributed by atoms with Gasteiger partial charge in [-0.2, -0.15) is 5.26 Å². The standard InChI is InChI=1S/C20H23FN2O2.C20H18O8/c1-23(2)11-3-10-20(25,17-5-7-18(21)8-6-17)19-9-4-15(13-22)12-16(19)14-24;1-11-3-7-13(8-4-11)19(25)27-15(17(21)22)16(18(23)24)28-20(26)14-9-5-12(2)6-10-14/h4-9,12,24-25H,3,10-11,14H2,1-2H3;3-10,15-16H,1-2H3,(H,21,22)(H,23,24)/t20-;15-,16-/m00/s1. The van der Waals surface area contributed by atoms with Gasteiger partial charge in [0, 0.05) is 0 Å². The number of esters is 2. The minimum Gasteiger partial charge on any atom is -0.478 e. The molecule has 13 heteroatoms. The Morgan fingerprint density at radius 2 is 1.26 bits per heavy atom. The summed E-state index contributed by atoms with van der Waals surface area (Å²) >= 11 is 0. The van der Waals surface area contributed by atoms with Crippen LogP contribution in [0.4, 0.5) is 4.39 Å². The van der Waals surface area contributed by atoms with Crippen LogP contribution in [0.2, 0.25) is 0 Å². The van der Waals surface area contributed by atoms with Gasteiger partial charge in [-0.3, -0.25) is 0 Å². The molecule has 0 aromatic heterocycles. The molecule has 0 heterocycles. The Bertz CT molecular complexity index is 1850. The number of rotatable bonds is 14. The molecule has 0 aliphatic heterocycles. The van der Waals surface area contributed by atoms with Crippen molar-refractivity contribution in [3.63, 3.8) is 0 Å². The molecule has 0 spiro atoms. The quantitative estimate of drug-likeness (QED) is 0.127. The van der Waals surface area contributed by atoms with E-state index >= 15 is 0 Å². The highest BCUT2D eigenvalue weighted by molar-refractivity contribution is 5.95. The van der Waals surface area contributed by atoms with Crippen molar-refractivity contribution in [2.24, 2.45) is 0 Å². The number of aliphatic hydroxyl groups excluding tert-OH is 1. The zero-order chi connectivity index (χ0) is 39.3. The van der Waals surface area contributed by atoms with Gasteiger partial charge in [-0.05, 0) is 113 Å². The minimum atomic E-state index is -2.22. The van der Waals surface area contributed by atoms with Gasteiger partial charge in [-0.25, -0.2) is 23.6 Å². The van der Waals surface area contributed by atoms with Crippen LogP contribution in [0.1, 0.15) is 66.9 Å². The van der Waals surface area contributed by atoms with Gasteiger partial charge in [0.25, 0.3) is 0 Å². The molecule has 3 atom stereocenters. The average Bonchev–Trinajstić information content (AvgIpc) is 3.13. The first kappa shape index (κ1) is 41.5. The number of carbonyl (C=O) groups is 4. The fourth-order valence-corrected chi connectivity index (χ4v) is 5.24. The van der Waals surface area contributed by atoms with Crippen molar-refractivity contribution in [1.29, 1.82) is 5.26 Å². The number of aryl methyl sites for hydroxylation is 2. The lowest BCUT2D eigenvalue weighted by molar-refractivity contribution is -0.166. The van der Waals surface area contributed by atoms with Crippen molar-refractivity contribution in [2.45, 2.75) is 51.1 Å². The van der Waals surface area contributed by atoms with Crippen molar-refractivity contribution in [2.75, 3.05) is 20.6 Å². The van der Waals surface area contributed by atoms with Crippen LogP contribution < -0.4 is 0 Å². The van der Waals surface area contributed by atoms with Gasteiger partial charge in [0.1, 0.15) is 11.4 Å². The van der Waals surface area contributed by atoms with E-state index in [0.717, 1.165) is 17.7 Å². The van der Waals surface area contributed by atoms with Gasteiger partial charge in [0.15, 0.2) is 0 Å². The van der Waals surface area contributed by atoms with E-state index in [9.17, 15) is 44.0 Å². The van der Waals surface area contributed by atoms with Crippen LogP contribution in [-0.2, 0) is 31.3 Å². The van der Waals surface area contributed by atoms with Crippen molar-refractivity contribution in [1.82, 2.24) is 4.90 Å².